The van der Waals surface area contributed by atoms with Crippen LogP contribution in [0, 0.1) is 0 Å². The first kappa shape index (κ1) is 11.4. The van der Waals surface area contributed by atoms with Crippen LogP contribution in [0.4, 0.5) is 5.69 Å². The van der Waals surface area contributed by atoms with Crippen molar-refractivity contribution in [2.24, 2.45) is 0 Å². The molecule has 1 aromatic carbocycles. The van der Waals surface area contributed by atoms with Gasteiger partial charge in [-0.1, -0.05) is 15.9 Å². The fourth-order valence-electron chi connectivity index (χ4n) is 1.64. The molecule has 1 heterocycles. The molecule has 86 valence electrons. The zero-order valence-electron chi connectivity index (χ0n) is 9.00. The highest BCUT2D eigenvalue weighted by Gasteiger charge is 2.24. The number of ether oxygens (including phenoxy) is 1. The summed E-state index contributed by atoms with van der Waals surface area (Å²) in [5, 5.41) is 3.03. The van der Waals surface area contributed by atoms with Crippen molar-refractivity contribution in [3.8, 4) is 5.75 Å². The average Bonchev–Trinajstić information content (AvgIpc) is 2.28. The van der Waals surface area contributed by atoms with Crippen LogP contribution in [0.2, 0.25) is 0 Å². The molecule has 0 radical (unpaired) electrons. The number of hydrogen-bond donors (Lipinski definition) is 1. The number of benzene rings is 1. The first-order valence-corrected chi connectivity index (χ1v) is 5.89. The van der Waals surface area contributed by atoms with Gasteiger partial charge in [0, 0.05) is 17.6 Å². The van der Waals surface area contributed by atoms with Crippen molar-refractivity contribution in [2.45, 2.75) is 0 Å². The molecule has 5 heteroatoms. The predicted octanol–water partition coefficient (Wildman–Crippen LogP) is 1.39. The lowest BCUT2D eigenvalue weighted by Crippen LogP contribution is -2.42. The lowest BCUT2D eigenvalue weighted by Gasteiger charge is -2.29. The summed E-state index contributed by atoms with van der Waals surface area (Å²) in [6.07, 6.45) is 0. The zero-order chi connectivity index (χ0) is 11.5. The molecule has 16 heavy (non-hydrogen) atoms. The van der Waals surface area contributed by atoms with E-state index in [-0.39, 0.29) is 12.5 Å². The fourth-order valence-corrected chi connectivity index (χ4v) is 1.99. The highest BCUT2D eigenvalue weighted by molar-refractivity contribution is 9.10. The average molecular weight is 285 g/mol. The largest absolute Gasteiger partial charge is 0.482 e. The second kappa shape index (κ2) is 4.84. The number of hydrogen-bond acceptors (Lipinski definition) is 3. The molecule has 0 aliphatic carbocycles. The SMILES string of the molecule is CNCCN1C(=O)COc2ccc(Br)cc21. The van der Waals surface area contributed by atoms with Crippen LogP contribution in [0.15, 0.2) is 22.7 Å². The minimum Gasteiger partial charge on any atom is -0.482 e. The van der Waals surface area contributed by atoms with Crippen molar-refractivity contribution in [1.29, 1.82) is 0 Å². The lowest BCUT2D eigenvalue weighted by atomic mass is 10.2. The van der Waals surface area contributed by atoms with Crippen molar-refractivity contribution in [3.05, 3.63) is 22.7 Å². The summed E-state index contributed by atoms with van der Waals surface area (Å²) in [7, 11) is 1.87. The molecule has 0 fully saturated rings. The van der Waals surface area contributed by atoms with Crippen LogP contribution < -0.4 is 15.0 Å². The van der Waals surface area contributed by atoms with Crippen molar-refractivity contribution in [1.82, 2.24) is 5.32 Å². The molecule has 0 spiro atoms. The van der Waals surface area contributed by atoms with Gasteiger partial charge >= 0.3 is 0 Å². The van der Waals surface area contributed by atoms with Crippen molar-refractivity contribution >= 4 is 27.5 Å². The summed E-state index contributed by atoms with van der Waals surface area (Å²) in [4.78, 5) is 13.5. The molecule has 0 unspecified atom stereocenters. The molecule has 1 aliphatic heterocycles. The molecular weight excluding hydrogens is 272 g/mol. The molecule has 4 nitrogen and oxygen atoms in total. The van der Waals surface area contributed by atoms with Crippen LogP contribution in [0.3, 0.4) is 0 Å². The number of nitrogens with one attached hydrogen (secondary N) is 1. The van der Waals surface area contributed by atoms with Crippen LogP contribution in [0.25, 0.3) is 0 Å². The van der Waals surface area contributed by atoms with Gasteiger partial charge in [-0.05, 0) is 25.2 Å². The summed E-state index contributed by atoms with van der Waals surface area (Å²) in [5.74, 6) is 0.764. The Labute approximate surface area is 103 Å². The monoisotopic (exact) mass is 284 g/mol. The van der Waals surface area contributed by atoms with Gasteiger partial charge in [-0.2, -0.15) is 0 Å². The summed E-state index contributed by atoms with van der Waals surface area (Å²) in [5.41, 5.74) is 0.834. The number of rotatable bonds is 3. The fraction of sp³-hybridized carbons (Fsp3) is 0.364. The summed E-state index contributed by atoms with van der Waals surface area (Å²) in [6.45, 7) is 1.54. The molecule has 1 N–H and O–H groups in total. The van der Waals surface area contributed by atoms with Gasteiger partial charge in [0.05, 0.1) is 5.69 Å². The second-order valence-corrected chi connectivity index (χ2v) is 4.47. The van der Waals surface area contributed by atoms with Crippen LogP contribution >= 0.6 is 15.9 Å². The molecule has 0 bridgehead atoms. The van der Waals surface area contributed by atoms with E-state index in [1.54, 1.807) is 4.90 Å². The first-order chi connectivity index (χ1) is 7.72. The maximum atomic E-state index is 11.7. The zero-order valence-corrected chi connectivity index (χ0v) is 10.6. The standard InChI is InChI=1S/C11H13BrN2O2/c1-13-4-5-14-9-6-8(12)2-3-10(9)16-7-11(14)15/h2-3,6,13H,4-5,7H2,1H3. The molecule has 0 aromatic heterocycles. The smallest absolute Gasteiger partial charge is 0.265 e. The number of amides is 1. The maximum absolute atomic E-state index is 11.7. The highest BCUT2D eigenvalue weighted by Crippen LogP contribution is 2.34. The number of fused-ring (bicyclic) bond motifs is 1. The minimum atomic E-state index is 0.000787. The van der Waals surface area contributed by atoms with Gasteiger partial charge in [-0.25, -0.2) is 0 Å². The van der Waals surface area contributed by atoms with Gasteiger partial charge in [-0.15, -0.1) is 0 Å². The second-order valence-electron chi connectivity index (χ2n) is 3.55. The maximum Gasteiger partial charge on any atom is 0.265 e. The van der Waals surface area contributed by atoms with Gasteiger partial charge in [0.2, 0.25) is 0 Å². The van der Waals surface area contributed by atoms with E-state index in [0.717, 1.165) is 22.5 Å². The third kappa shape index (κ3) is 2.20. The van der Waals surface area contributed by atoms with Crippen LogP contribution in [-0.2, 0) is 4.79 Å². The summed E-state index contributed by atoms with van der Waals surface area (Å²) < 4.78 is 6.31. The molecule has 1 amide bonds. The molecule has 1 aliphatic rings. The quantitative estimate of drug-likeness (QED) is 0.912. The number of nitrogens with zero attached hydrogens (tertiary/aromatic N) is 1. The Bertz CT molecular complexity index is 409. The van der Waals surface area contributed by atoms with E-state index >= 15 is 0 Å². The van der Waals surface area contributed by atoms with Gasteiger partial charge in [0.25, 0.3) is 5.91 Å². The Balaban J connectivity index is 2.31. The lowest BCUT2D eigenvalue weighted by molar-refractivity contribution is -0.121. The van der Waals surface area contributed by atoms with Crippen LogP contribution in [0.1, 0.15) is 0 Å². The molecule has 2 rings (SSSR count). The van der Waals surface area contributed by atoms with Gasteiger partial charge in [0.1, 0.15) is 5.75 Å². The van der Waals surface area contributed by atoms with E-state index in [0.29, 0.717) is 6.54 Å². The Morgan fingerprint density at radius 2 is 2.38 bits per heavy atom. The molecule has 1 aromatic rings. The predicted molar refractivity (Wildman–Crippen MR) is 65.9 cm³/mol. The first-order valence-electron chi connectivity index (χ1n) is 5.09. The molecular formula is C11H13BrN2O2. The minimum absolute atomic E-state index is 0.000787. The van der Waals surface area contributed by atoms with E-state index in [4.69, 9.17) is 4.74 Å². The third-order valence-corrected chi connectivity index (χ3v) is 2.94. The van der Waals surface area contributed by atoms with Crippen LogP contribution in [0.5, 0.6) is 5.75 Å². The molecule has 0 saturated carbocycles. The Morgan fingerprint density at radius 1 is 1.56 bits per heavy atom. The van der Waals surface area contributed by atoms with E-state index in [1.165, 1.54) is 0 Å². The van der Waals surface area contributed by atoms with Crippen LogP contribution in [-0.4, -0.2) is 32.7 Å². The van der Waals surface area contributed by atoms with Crippen molar-refractivity contribution in [2.75, 3.05) is 31.6 Å². The van der Waals surface area contributed by atoms with Gasteiger partial charge in [0.15, 0.2) is 6.61 Å². The van der Waals surface area contributed by atoms with Gasteiger partial charge in [-0.3, -0.25) is 4.79 Å². The van der Waals surface area contributed by atoms with E-state index in [9.17, 15) is 4.79 Å². The van der Waals surface area contributed by atoms with Crippen molar-refractivity contribution < 1.29 is 9.53 Å². The Kier molecular flexibility index (Phi) is 3.46. The summed E-state index contributed by atoms with van der Waals surface area (Å²) in [6, 6.07) is 5.69. The Morgan fingerprint density at radius 3 is 3.12 bits per heavy atom. The van der Waals surface area contributed by atoms with Gasteiger partial charge < -0.3 is 15.0 Å². The number of carbonyl (C=O) groups excluding carboxylic acids is 1. The number of likely N-dealkylation sites (N-methyl/N-ethyl adjacent to an activating group) is 1. The normalized spacial score (nSPS) is 14.6. The van der Waals surface area contributed by atoms with E-state index in [2.05, 4.69) is 21.2 Å². The van der Waals surface area contributed by atoms with E-state index < -0.39 is 0 Å². The topological polar surface area (TPSA) is 41.6 Å². The molecule has 0 saturated heterocycles. The highest BCUT2D eigenvalue weighted by atomic mass is 79.9. The Hall–Kier alpha value is -1.07. The molecule has 0 atom stereocenters. The number of carbonyl (C=O) groups is 1. The van der Waals surface area contributed by atoms with E-state index in [1.807, 2.05) is 25.2 Å². The number of anilines is 1. The summed E-state index contributed by atoms with van der Waals surface area (Å²) >= 11 is 3.40. The van der Waals surface area contributed by atoms with Crippen molar-refractivity contribution in [3.63, 3.8) is 0 Å². The number of halogens is 1. The third-order valence-electron chi connectivity index (χ3n) is 2.45.